The van der Waals surface area contributed by atoms with E-state index >= 15 is 0 Å². The molecule has 1 fully saturated rings. The summed E-state index contributed by atoms with van der Waals surface area (Å²) in [6.07, 6.45) is -0.157. The van der Waals surface area contributed by atoms with Crippen molar-refractivity contribution in [2.45, 2.75) is 48.1 Å². The van der Waals surface area contributed by atoms with Crippen molar-refractivity contribution in [2.24, 2.45) is 0 Å². The largest absolute Gasteiger partial charge is 0.481 e. The van der Waals surface area contributed by atoms with Crippen LogP contribution >= 0.6 is 11.8 Å². The normalized spacial score (nSPS) is 20.8. The maximum absolute atomic E-state index is 13.4. The van der Waals surface area contributed by atoms with Crippen LogP contribution in [0.15, 0.2) is 29.2 Å². The Labute approximate surface area is 185 Å². The Bertz CT molecular complexity index is 968. The minimum absolute atomic E-state index is 0.0785. The van der Waals surface area contributed by atoms with Gasteiger partial charge in [-0.3, -0.25) is 20.0 Å². The van der Waals surface area contributed by atoms with E-state index < -0.39 is 37.9 Å². The van der Waals surface area contributed by atoms with E-state index in [-0.39, 0.29) is 24.5 Å². The lowest BCUT2D eigenvalue weighted by Gasteiger charge is -2.46. The van der Waals surface area contributed by atoms with Crippen LogP contribution in [0.5, 0.6) is 5.75 Å². The van der Waals surface area contributed by atoms with E-state index in [2.05, 4.69) is 11.8 Å². The molecular weight excluding hydrogens is 446 g/mol. The van der Waals surface area contributed by atoms with Crippen molar-refractivity contribution in [3.63, 3.8) is 0 Å². The number of hydrogen-bond acceptors (Lipinski definition) is 8. The zero-order chi connectivity index (χ0) is 23.2. The van der Waals surface area contributed by atoms with Crippen molar-refractivity contribution in [3.05, 3.63) is 24.3 Å². The third-order valence-corrected chi connectivity index (χ3v) is 7.94. The zero-order valence-electron chi connectivity index (χ0n) is 17.3. The number of benzene rings is 1. The molecule has 0 saturated carbocycles. The first kappa shape index (κ1) is 25.0. The number of hydroxylamine groups is 2. The molecule has 1 aliphatic rings. The maximum atomic E-state index is 13.4. The lowest BCUT2D eigenvalue weighted by molar-refractivity contribution is -0.134. The first-order valence-corrected chi connectivity index (χ1v) is 11.6. The Kier molecular flexibility index (Phi) is 8.33. The molecule has 1 aromatic rings. The Balaban J connectivity index is 2.40. The predicted molar refractivity (Wildman–Crippen MR) is 113 cm³/mol. The number of rotatable bonds is 7. The molecule has 1 aliphatic heterocycles. The number of sulfonamides is 1. The SMILES string of the molecule is CC#CCOc1ccc(S(=O)(=O)N2C[C@H](CC(=O)NO)SC(C)(C)[C@@H]2C(=O)NO)cc1. The van der Waals surface area contributed by atoms with E-state index in [1.165, 1.54) is 47.0 Å². The lowest BCUT2D eigenvalue weighted by Crippen LogP contribution is -2.63. The van der Waals surface area contributed by atoms with Gasteiger partial charge in [0.2, 0.25) is 15.9 Å². The molecule has 0 spiro atoms. The summed E-state index contributed by atoms with van der Waals surface area (Å²) >= 11 is 1.23. The summed E-state index contributed by atoms with van der Waals surface area (Å²) in [6.45, 7) is 4.96. The van der Waals surface area contributed by atoms with Crippen LogP contribution < -0.4 is 15.7 Å². The first-order valence-electron chi connectivity index (χ1n) is 9.25. The molecule has 2 atom stereocenters. The van der Waals surface area contributed by atoms with Gasteiger partial charge in [-0.1, -0.05) is 5.92 Å². The standard InChI is InChI=1S/C19H25N3O7S2/c1-4-5-10-29-13-6-8-15(9-7-13)31(27,28)22-12-14(11-16(23)20-25)30-19(2,3)17(22)18(24)21-26/h6-9,14,17,25-26H,10-12H2,1-3H3,(H,20,23)(H,21,24)/t14-,17-/m0/s1. The van der Waals surface area contributed by atoms with Crippen LogP contribution in [0.25, 0.3) is 0 Å². The molecule has 1 heterocycles. The van der Waals surface area contributed by atoms with Crippen LogP contribution in [0.4, 0.5) is 0 Å². The summed E-state index contributed by atoms with van der Waals surface area (Å²) in [5.41, 5.74) is 3.07. The third-order valence-electron chi connectivity index (χ3n) is 4.61. The Morgan fingerprint density at radius 1 is 1.26 bits per heavy atom. The van der Waals surface area contributed by atoms with E-state index in [0.29, 0.717) is 5.75 Å². The summed E-state index contributed by atoms with van der Waals surface area (Å²) in [6, 6.07) is 4.42. The highest BCUT2D eigenvalue weighted by Crippen LogP contribution is 2.43. The van der Waals surface area contributed by atoms with Gasteiger partial charge >= 0.3 is 0 Å². The fraction of sp³-hybridized carbons (Fsp3) is 0.474. The van der Waals surface area contributed by atoms with Gasteiger partial charge in [0.25, 0.3) is 5.91 Å². The highest BCUT2D eigenvalue weighted by atomic mass is 32.2. The number of carbonyl (C=O) groups excluding carboxylic acids is 2. The highest BCUT2D eigenvalue weighted by Gasteiger charge is 2.51. The number of nitrogens with one attached hydrogen (secondary N) is 2. The second-order valence-corrected chi connectivity index (χ2v) is 11.1. The number of thioether (sulfide) groups is 1. The van der Waals surface area contributed by atoms with Crippen molar-refractivity contribution in [2.75, 3.05) is 13.2 Å². The monoisotopic (exact) mass is 471 g/mol. The molecule has 0 radical (unpaired) electrons. The molecule has 0 aromatic heterocycles. The lowest BCUT2D eigenvalue weighted by atomic mass is 10.0. The molecule has 2 amide bonds. The van der Waals surface area contributed by atoms with Crippen LogP contribution in [-0.2, 0) is 19.6 Å². The molecule has 0 unspecified atom stereocenters. The smallest absolute Gasteiger partial charge is 0.263 e. The van der Waals surface area contributed by atoms with E-state index in [9.17, 15) is 23.2 Å². The molecule has 1 saturated heterocycles. The second-order valence-electron chi connectivity index (χ2n) is 7.22. The summed E-state index contributed by atoms with van der Waals surface area (Å²) in [4.78, 5) is 24.0. The number of ether oxygens (including phenoxy) is 1. The van der Waals surface area contributed by atoms with Gasteiger partial charge in [-0.2, -0.15) is 4.31 Å². The minimum atomic E-state index is -4.18. The van der Waals surface area contributed by atoms with Gasteiger partial charge in [-0.05, 0) is 45.0 Å². The fourth-order valence-electron chi connectivity index (χ4n) is 3.32. The quantitative estimate of drug-likeness (QED) is 0.259. The molecular formula is C19H25N3O7S2. The molecule has 12 heteroatoms. The van der Waals surface area contributed by atoms with Gasteiger partial charge in [-0.25, -0.2) is 19.4 Å². The molecule has 2 rings (SSSR count). The van der Waals surface area contributed by atoms with Crippen molar-refractivity contribution < 1.29 is 33.2 Å². The Morgan fingerprint density at radius 3 is 2.45 bits per heavy atom. The van der Waals surface area contributed by atoms with Gasteiger partial charge in [0.05, 0.1) is 4.90 Å². The molecule has 31 heavy (non-hydrogen) atoms. The van der Waals surface area contributed by atoms with Gasteiger partial charge in [0.15, 0.2) is 0 Å². The van der Waals surface area contributed by atoms with Crippen LogP contribution in [-0.4, -0.2) is 64.1 Å². The van der Waals surface area contributed by atoms with E-state index in [0.717, 1.165) is 4.31 Å². The summed E-state index contributed by atoms with van der Waals surface area (Å²) in [7, 11) is -4.18. The van der Waals surface area contributed by atoms with Crippen LogP contribution in [0.3, 0.4) is 0 Å². The molecule has 170 valence electrons. The van der Waals surface area contributed by atoms with Gasteiger partial charge in [0.1, 0.15) is 18.4 Å². The van der Waals surface area contributed by atoms with Crippen LogP contribution in [0.1, 0.15) is 27.2 Å². The second kappa shape index (κ2) is 10.3. The van der Waals surface area contributed by atoms with Crippen molar-refractivity contribution in [3.8, 4) is 17.6 Å². The van der Waals surface area contributed by atoms with Crippen molar-refractivity contribution in [1.82, 2.24) is 15.3 Å². The number of carbonyl (C=O) groups is 2. The van der Waals surface area contributed by atoms with E-state index in [1.807, 2.05) is 0 Å². The van der Waals surface area contributed by atoms with Gasteiger partial charge in [0, 0.05) is 23.0 Å². The maximum Gasteiger partial charge on any atom is 0.263 e. The summed E-state index contributed by atoms with van der Waals surface area (Å²) < 4.78 is 32.2. The van der Waals surface area contributed by atoms with Gasteiger partial charge in [-0.15, -0.1) is 17.7 Å². The Hall–Kier alpha value is -2.30. The average Bonchev–Trinajstić information content (AvgIpc) is 2.72. The van der Waals surface area contributed by atoms with Crippen molar-refractivity contribution >= 4 is 33.6 Å². The molecule has 0 bridgehead atoms. The highest BCUT2D eigenvalue weighted by molar-refractivity contribution is 8.01. The van der Waals surface area contributed by atoms with Crippen LogP contribution in [0, 0.1) is 11.8 Å². The molecule has 1 aromatic carbocycles. The van der Waals surface area contributed by atoms with Gasteiger partial charge < -0.3 is 4.74 Å². The number of amides is 2. The van der Waals surface area contributed by atoms with E-state index in [1.54, 1.807) is 20.8 Å². The topological polar surface area (TPSA) is 145 Å². The summed E-state index contributed by atoms with van der Waals surface area (Å²) in [5.74, 6) is 4.29. The van der Waals surface area contributed by atoms with Crippen LogP contribution in [0.2, 0.25) is 0 Å². The third kappa shape index (κ3) is 5.90. The number of hydrogen-bond donors (Lipinski definition) is 4. The molecule has 0 aliphatic carbocycles. The fourth-order valence-corrected chi connectivity index (χ4v) is 6.94. The van der Waals surface area contributed by atoms with Crippen molar-refractivity contribution in [1.29, 1.82) is 0 Å². The minimum Gasteiger partial charge on any atom is -0.481 e. The molecule has 10 nitrogen and oxygen atoms in total. The number of nitrogens with zero attached hydrogens (tertiary/aromatic N) is 1. The zero-order valence-corrected chi connectivity index (χ0v) is 18.9. The Morgan fingerprint density at radius 2 is 1.90 bits per heavy atom. The summed E-state index contributed by atoms with van der Waals surface area (Å²) in [5, 5.41) is 17.5. The van der Waals surface area contributed by atoms with E-state index in [4.69, 9.17) is 9.94 Å². The first-order chi connectivity index (χ1) is 14.6. The average molecular weight is 472 g/mol. The molecule has 4 N–H and O–H groups in total. The predicted octanol–water partition coefficient (Wildman–Crippen LogP) is 0.743.